The fourth-order valence-electron chi connectivity index (χ4n) is 4.70. The van der Waals surface area contributed by atoms with E-state index in [9.17, 15) is 22.8 Å². The van der Waals surface area contributed by atoms with Gasteiger partial charge in [0, 0.05) is 16.8 Å². The molecule has 1 saturated heterocycles. The number of anilines is 2. The Balaban J connectivity index is 1.23. The highest BCUT2D eigenvalue weighted by molar-refractivity contribution is 8.15. The summed E-state index contributed by atoms with van der Waals surface area (Å²) >= 11 is 1.22. The average molecular weight is 608 g/mol. The first-order valence-corrected chi connectivity index (χ1v) is 15.1. The lowest BCUT2D eigenvalue weighted by molar-refractivity contribution is -0.274. The highest BCUT2D eigenvalue weighted by Crippen LogP contribution is 2.31. The molecule has 1 aliphatic rings. The van der Waals surface area contributed by atoms with Gasteiger partial charge in [0.1, 0.15) is 12.1 Å². The lowest BCUT2D eigenvalue weighted by atomic mass is 10.1. The van der Waals surface area contributed by atoms with Crippen LogP contribution in [0.25, 0.3) is 27.5 Å². The molecule has 8 nitrogen and oxygen atoms in total. The smallest absolute Gasteiger partial charge is 0.406 e. The van der Waals surface area contributed by atoms with Gasteiger partial charge in [-0.3, -0.25) is 14.3 Å². The molecule has 13 heteroatoms. The van der Waals surface area contributed by atoms with E-state index in [0.29, 0.717) is 30.6 Å². The normalized spacial score (nSPS) is 15.0. The number of ether oxygens (including phenoxy) is 1. The number of nitrogens with one attached hydrogen (secondary N) is 1. The van der Waals surface area contributed by atoms with Gasteiger partial charge in [-0.2, -0.15) is 4.99 Å². The van der Waals surface area contributed by atoms with Crippen molar-refractivity contribution in [3.63, 3.8) is 0 Å². The number of amidine groups is 1. The molecule has 212 valence electrons. The zero-order valence-electron chi connectivity index (χ0n) is 21.8. The van der Waals surface area contributed by atoms with Crippen molar-refractivity contribution in [1.29, 1.82) is 0 Å². The number of imidazole rings is 1. The van der Waals surface area contributed by atoms with Gasteiger partial charge in [-0.15, -0.1) is 13.2 Å². The second kappa shape index (κ2) is 11.1. The number of urea groups is 1. The van der Waals surface area contributed by atoms with E-state index >= 15 is 0 Å². The number of fused-ring (bicyclic) bond motifs is 3. The number of para-hydroxylation sites is 1. The van der Waals surface area contributed by atoms with Crippen molar-refractivity contribution >= 4 is 75.9 Å². The zero-order valence-corrected chi connectivity index (χ0v) is 23.7. The van der Waals surface area contributed by atoms with E-state index in [1.807, 2.05) is 49.1 Å². The Kier molecular flexibility index (Phi) is 7.34. The fraction of sp³-hybridized carbons (Fsp3) is 0.103. The van der Waals surface area contributed by atoms with Crippen molar-refractivity contribution in [3.8, 4) is 11.4 Å². The summed E-state index contributed by atoms with van der Waals surface area (Å²) in [7, 11) is 0.475. The number of carbonyl (C=O) groups excluding carboxylic acids is 2. The van der Waals surface area contributed by atoms with Crippen LogP contribution in [0.15, 0.2) is 90.2 Å². The van der Waals surface area contributed by atoms with Gasteiger partial charge >= 0.3 is 12.4 Å². The number of halogens is 3. The third kappa shape index (κ3) is 5.55. The van der Waals surface area contributed by atoms with E-state index < -0.39 is 12.4 Å². The summed E-state index contributed by atoms with van der Waals surface area (Å²) in [5.74, 6) is -0.230. The second-order valence-corrected chi connectivity index (χ2v) is 11.1. The Morgan fingerprint density at radius 2 is 1.86 bits per heavy atom. The summed E-state index contributed by atoms with van der Waals surface area (Å²) in [6.45, 7) is 2.03. The highest BCUT2D eigenvalue weighted by Gasteiger charge is 2.32. The van der Waals surface area contributed by atoms with E-state index in [2.05, 4.69) is 20.0 Å². The van der Waals surface area contributed by atoms with Crippen molar-refractivity contribution in [1.82, 2.24) is 9.55 Å². The zero-order chi connectivity index (χ0) is 29.4. The van der Waals surface area contributed by atoms with Crippen molar-refractivity contribution in [2.24, 2.45) is 4.99 Å². The van der Waals surface area contributed by atoms with Crippen LogP contribution >= 0.6 is 20.3 Å². The Bertz CT molecular complexity index is 1870. The van der Waals surface area contributed by atoms with Gasteiger partial charge in [0.05, 0.1) is 22.5 Å². The molecule has 6 rings (SSSR count). The predicted molar refractivity (Wildman–Crippen MR) is 162 cm³/mol. The van der Waals surface area contributed by atoms with Crippen LogP contribution in [0.3, 0.4) is 0 Å². The van der Waals surface area contributed by atoms with Gasteiger partial charge < -0.3 is 10.1 Å². The number of benzene rings is 4. The largest absolute Gasteiger partial charge is 0.573 e. The number of carbonyl (C=O) groups is 2. The molecule has 0 bridgehead atoms. The fourth-order valence-corrected chi connectivity index (χ4v) is 6.27. The van der Waals surface area contributed by atoms with Crippen LogP contribution in [-0.4, -0.2) is 45.4 Å². The molecular formula is C29H21F3N5O3PS. The molecule has 5 aromatic rings. The number of nitrogens with zero attached hydrogens (tertiary/aromatic N) is 4. The van der Waals surface area contributed by atoms with Crippen LogP contribution < -0.4 is 20.3 Å². The van der Waals surface area contributed by atoms with E-state index in [4.69, 9.17) is 0 Å². The topological polar surface area (TPSA) is 88.8 Å². The van der Waals surface area contributed by atoms with E-state index in [1.54, 1.807) is 23.0 Å². The molecule has 1 aliphatic heterocycles. The number of thioether (sulfide) groups is 1. The maximum Gasteiger partial charge on any atom is 0.573 e. The second-order valence-electron chi connectivity index (χ2n) is 9.13. The molecule has 0 aliphatic carbocycles. The molecule has 2 heterocycles. The minimum atomic E-state index is -4.76. The average Bonchev–Trinajstić information content (AvgIpc) is 3.55. The SMILES string of the molecule is CPc1ccccc1N1C(=O)CS/C1=N\C(=O)Nc1ccc2c(ccc3c2ncn3-c2ccc(OC(F)(F)F)cc2)c1. The molecule has 3 amide bonds. The highest BCUT2D eigenvalue weighted by atomic mass is 32.2. The molecule has 4 aromatic carbocycles. The van der Waals surface area contributed by atoms with Crippen LogP contribution in [0.4, 0.5) is 29.3 Å². The molecule has 1 N–H and O–H groups in total. The number of hydrogen-bond donors (Lipinski definition) is 1. The molecule has 1 aromatic heterocycles. The first-order chi connectivity index (χ1) is 20.2. The molecule has 1 atom stereocenters. The van der Waals surface area contributed by atoms with Crippen molar-refractivity contribution < 1.29 is 27.5 Å². The van der Waals surface area contributed by atoms with Crippen molar-refractivity contribution in [2.75, 3.05) is 22.6 Å². The molecule has 1 unspecified atom stereocenters. The van der Waals surface area contributed by atoms with Crippen LogP contribution in [-0.2, 0) is 4.79 Å². The van der Waals surface area contributed by atoms with Crippen LogP contribution in [0.1, 0.15) is 0 Å². The Morgan fingerprint density at radius 3 is 2.62 bits per heavy atom. The van der Waals surface area contributed by atoms with Crippen LogP contribution in [0.5, 0.6) is 5.75 Å². The molecule has 0 spiro atoms. The Labute approximate surface area is 243 Å². The van der Waals surface area contributed by atoms with Crippen molar-refractivity contribution in [2.45, 2.75) is 6.36 Å². The number of amides is 3. The van der Waals surface area contributed by atoms with Gasteiger partial charge in [-0.1, -0.05) is 50.7 Å². The Morgan fingerprint density at radius 1 is 1.07 bits per heavy atom. The third-order valence-electron chi connectivity index (χ3n) is 6.51. The van der Waals surface area contributed by atoms with E-state index in [1.165, 1.54) is 40.9 Å². The standard InChI is InChI=1S/C29H21F3N5O3PS/c1-41-24-5-3-2-4-22(24)37-25(38)15-42-28(37)35-27(39)34-18-7-12-21-17(14-18)6-13-23-26(21)33-16-36(23)19-8-10-20(11-9-19)40-29(30,31)32/h2-14,16,41H,15H2,1H3,(H,34,39)/b35-28-. The predicted octanol–water partition coefficient (Wildman–Crippen LogP) is 6.68. The van der Waals surface area contributed by atoms with Gasteiger partial charge in [0.2, 0.25) is 5.91 Å². The lowest BCUT2D eigenvalue weighted by Gasteiger charge is -2.19. The summed E-state index contributed by atoms with van der Waals surface area (Å²) in [5.41, 5.74) is 3.32. The summed E-state index contributed by atoms with van der Waals surface area (Å²) < 4.78 is 43.2. The maximum atomic E-state index is 12.9. The number of aliphatic imine (C=N–C) groups is 1. The molecule has 42 heavy (non-hydrogen) atoms. The van der Waals surface area contributed by atoms with Crippen LogP contribution in [0.2, 0.25) is 0 Å². The van der Waals surface area contributed by atoms with Gasteiger partial charge in [0.25, 0.3) is 0 Å². The van der Waals surface area contributed by atoms with Gasteiger partial charge in [-0.25, -0.2) is 9.78 Å². The number of hydrogen-bond acceptors (Lipinski definition) is 5. The van der Waals surface area contributed by atoms with Crippen molar-refractivity contribution in [3.05, 3.63) is 85.2 Å². The number of rotatable bonds is 5. The first-order valence-electron chi connectivity index (χ1n) is 12.6. The van der Waals surface area contributed by atoms with Gasteiger partial charge in [-0.05, 0) is 65.9 Å². The van der Waals surface area contributed by atoms with Crippen LogP contribution in [0, 0.1) is 0 Å². The first kappa shape index (κ1) is 27.7. The van der Waals surface area contributed by atoms with Gasteiger partial charge in [0.15, 0.2) is 5.17 Å². The molecule has 1 fully saturated rings. The monoisotopic (exact) mass is 607 g/mol. The third-order valence-corrected chi connectivity index (χ3v) is 8.39. The lowest BCUT2D eigenvalue weighted by Crippen LogP contribution is -2.33. The number of aromatic nitrogens is 2. The summed E-state index contributed by atoms with van der Waals surface area (Å²) in [6, 6.07) is 21.6. The van der Waals surface area contributed by atoms with E-state index in [0.717, 1.165) is 27.3 Å². The molecule has 0 saturated carbocycles. The maximum absolute atomic E-state index is 12.9. The molecule has 0 radical (unpaired) electrons. The minimum Gasteiger partial charge on any atom is -0.406 e. The van der Waals surface area contributed by atoms with E-state index in [-0.39, 0.29) is 17.4 Å². The summed E-state index contributed by atoms with van der Waals surface area (Å²) in [6.07, 6.45) is -3.16. The molecular weight excluding hydrogens is 586 g/mol. The Hall–Kier alpha value is -4.41. The number of alkyl halides is 3. The summed E-state index contributed by atoms with van der Waals surface area (Å²) in [5, 5.41) is 5.77. The quantitative estimate of drug-likeness (QED) is 0.225. The summed E-state index contributed by atoms with van der Waals surface area (Å²) in [4.78, 5) is 35.7. The minimum absolute atomic E-state index is 0.128.